The molecule has 2 rings (SSSR count). The number of aliphatic imine (C=N–C) groups is 1. The number of nitrogens with one attached hydrogen (secondary N) is 1. The van der Waals surface area contributed by atoms with Crippen molar-refractivity contribution in [2.75, 3.05) is 13.2 Å². The zero-order valence-electron chi connectivity index (χ0n) is 12.0. The van der Waals surface area contributed by atoms with Gasteiger partial charge in [0.05, 0.1) is 30.3 Å². The van der Waals surface area contributed by atoms with Gasteiger partial charge in [-0.2, -0.15) is 0 Å². The Balaban J connectivity index is 2.13. The highest BCUT2D eigenvalue weighted by atomic mass is 19.1. The van der Waals surface area contributed by atoms with E-state index in [4.69, 9.17) is 16.2 Å². The summed E-state index contributed by atoms with van der Waals surface area (Å²) in [4.78, 5) is 19.1. The maximum absolute atomic E-state index is 13.1. The minimum Gasteiger partial charge on any atom is -0.385 e. The second-order valence-corrected chi connectivity index (χ2v) is 4.86. The number of halogens is 1. The van der Waals surface area contributed by atoms with Crippen LogP contribution in [0.4, 0.5) is 10.1 Å². The zero-order valence-corrected chi connectivity index (χ0v) is 12.0. The SMILES string of the molecule is NC(=O)/C(=C/NC1CCCOC1)C(N)=Nc1cncc(F)c1. The van der Waals surface area contributed by atoms with Gasteiger partial charge in [0.2, 0.25) is 0 Å². The van der Waals surface area contributed by atoms with E-state index in [2.05, 4.69) is 15.3 Å². The van der Waals surface area contributed by atoms with Crippen molar-refractivity contribution in [3.63, 3.8) is 0 Å². The fourth-order valence-electron chi connectivity index (χ4n) is 2.01. The largest absolute Gasteiger partial charge is 0.385 e. The molecule has 5 N–H and O–H groups in total. The number of amides is 1. The molecule has 1 fully saturated rings. The second-order valence-electron chi connectivity index (χ2n) is 4.86. The van der Waals surface area contributed by atoms with Gasteiger partial charge in [0, 0.05) is 24.9 Å². The lowest BCUT2D eigenvalue weighted by atomic mass is 10.1. The van der Waals surface area contributed by atoms with Gasteiger partial charge in [-0.25, -0.2) is 9.38 Å². The number of carbonyl (C=O) groups is 1. The molecule has 118 valence electrons. The number of hydrogen-bond donors (Lipinski definition) is 3. The standard InChI is InChI=1S/C14H18FN5O2/c15-9-4-11(6-18-5-9)20-13(16)12(14(17)21)7-19-10-2-1-3-22-8-10/h4-7,10,19H,1-3,8H2,(H2,16,20)(H2,17,21)/b12-7+. The van der Waals surface area contributed by atoms with E-state index in [1.807, 2.05) is 0 Å². The second kappa shape index (κ2) is 7.51. The van der Waals surface area contributed by atoms with E-state index in [1.54, 1.807) is 0 Å². The summed E-state index contributed by atoms with van der Waals surface area (Å²) in [7, 11) is 0. The van der Waals surface area contributed by atoms with E-state index < -0.39 is 11.7 Å². The van der Waals surface area contributed by atoms with Crippen LogP contribution in [0.15, 0.2) is 35.2 Å². The Morgan fingerprint density at radius 1 is 1.50 bits per heavy atom. The van der Waals surface area contributed by atoms with Gasteiger partial charge in [0.25, 0.3) is 5.91 Å². The topological polar surface area (TPSA) is 116 Å². The molecule has 0 spiro atoms. The Labute approximate surface area is 127 Å². The summed E-state index contributed by atoms with van der Waals surface area (Å²) in [6.07, 6.45) is 5.66. The molecule has 0 aromatic carbocycles. The average Bonchev–Trinajstić information content (AvgIpc) is 2.48. The number of primary amides is 1. The van der Waals surface area contributed by atoms with Crippen molar-refractivity contribution >= 4 is 17.4 Å². The molecule has 22 heavy (non-hydrogen) atoms. The molecule has 0 bridgehead atoms. The fourth-order valence-corrected chi connectivity index (χ4v) is 2.01. The molecular weight excluding hydrogens is 289 g/mol. The van der Waals surface area contributed by atoms with Gasteiger partial charge in [-0.1, -0.05) is 0 Å². The van der Waals surface area contributed by atoms with E-state index >= 15 is 0 Å². The monoisotopic (exact) mass is 307 g/mol. The number of nitrogens with two attached hydrogens (primary N) is 2. The first kappa shape index (κ1) is 15.9. The first-order valence-corrected chi connectivity index (χ1v) is 6.85. The van der Waals surface area contributed by atoms with Gasteiger partial charge < -0.3 is 21.5 Å². The Bertz CT molecular complexity index is 597. The Morgan fingerprint density at radius 3 is 2.95 bits per heavy atom. The van der Waals surface area contributed by atoms with Crippen molar-refractivity contribution in [3.05, 3.63) is 36.1 Å². The summed E-state index contributed by atoms with van der Waals surface area (Å²) in [6.45, 7) is 1.29. The third kappa shape index (κ3) is 4.52. The summed E-state index contributed by atoms with van der Waals surface area (Å²) < 4.78 is 18.4. The quantitative estimate of drug-likeness (QED) is 0.412. The Hall–Kier alpha value is -2.48. The van der Waals surface area contributed by atoms with Crippen LogP contribution in [0.1, 0.15) is 12.8 Å². The minimum atomic E-state index is -0.727. The highest BCUT2D eigenvalue weighted by Gasteiger charge is 2.15. The molecule has 1 amide bonds. The highest BCUT2D eigenvalue weighted by Crippen LogP contribution is 2.12. The van der Waals surface area contributed by atoms with Crippen LogP contribution < -0.4 is 16.8 Å². The van der Waals surface area contributed by atoms with Gasteiger partial charge in [0.15, 0.2) is 0 Å². The maximum Gasteiger partial charge on any atom is 0.253 e. The van der Waals surface area contributed by atoms with Crippen LogP contribution in [-0.4, -0.2) is 36.0 Å². The van der Waals surface area contributed by atoms with E-state index in [0.29, 0.717) is 6.61 Å². The summed E-state index contributed by atoms with van der Waals surface area (Å²) in [5, 5.41) is 3.04. The smallest absolute Gasteiger partial charge is 0.253 e. The van der Waals surface area contributed by atoms with Gasteiger partial charge in [0.1, 0.15) is 11.7 Å². The fraction of sp³-hybridized carbons (Fsp3) is 0.357. The number of rotatable bonds is 5. The lowest BCUT2D eigenvalue weighted by Crippen LogP contribution is -2.36. The molecular formula is C14H18FN5O2. The van der Waals surface area contributed by atoms with Gasteiger partial charge in [-0.05, 0) is 12.8 Å². The zero-order chi connectivity index (χ0) is 15.9. The first-order valence-electron chi connectivity index (χ1n) is 6.85. The predicted molar refractivity (Wildman–Crippen MR) is 79.7 cm³/mol. The lowest BCUT2D eigenvalue weighted by Gasteiger charge is -2.22. The van der Waals surface area contributed by atoms with Crippen molar-refractivity contribution in [2.24, 2.45) is 16.5 Å². The highest BCUT2D eigenvalue weighted by molar-refractivity contribution is 6.20. The molecule has 1 aliphatic rings. The Morgan fingerprint density at radius 2 is 2.32 bits per heavy atom. The lowest BCUT2D eigenvalue weighted by molar-refractivity contribution is -0.114. The third-order valence-corrected chi connectivity index (χ3v) is 3.11. The van der Waals surface area contributed by atoms with Crippen molar-refractivity contribution in [3.8, 4) is 0 Å². The number of hydrogen-bond acceptors (Lipinski definition) is 5. The van der Waals surface area contributed by atoms with Gasteiger partial charge in [-0.3, -0.25) is 9.78 Å². The van der Waals surface area contributed by atoms with E-state index in [-0.39, 0.29) is 23.1 Å². The number of ether oxygens (including phenoxy) is 1. The molecule has 1 atom stereocenters. The maximum atomic E-state index is 13.1. The predicted octanol–water partition coefficient (Wildman–Crippen LogP) is 0.347. The summed E-state index contributed by atoms with van der Waals surface area (Å²) in [6, 6.07) is 1.24. The number of pyridine rings is 1. The molecule has 1 aromatic heterocycles. The molecule has 0 saturated carbocycles. The van der Waals surface area contributed by atoms with E-state index in [9.17, 15) is 9.18 Å². The third-order valence-electron chi connectivity index (χ3n) is 3.11. The van der Waals surface area contributed by atoms with E-state index in [1.165, 1.54) is 12.4 Å². The molecule has 2 heterocycles. The van der Waals surface area contributed by atoms with Crippen molar-refractivity contribution in [1.29, 1.82) is 0 Å². The average molecular weight is 307 g/mol. The molecule has 1 aliphatic heterocycles. The normalized spacial score (nSPS) is 19.8. The first-order chi connectivity index (χ1) is 10.6. The number of carbonyl (C=O) groups excluding carboxylic acids is 1. The van der Waals surface area contributed by atoms with Gasteiger partial charge in [-0.15, -0.1) is 0 Å². The van der Waals surface area contributed by atoms with Crippen LogP contribution in [0.2, 0.25) is 0 Å². The van der Waals surface area contributed by atoms with E-state index in [0.717, 1.165) is 31.7 Å². The molecule has 7 nitrogen and oxygen atoms in total. The van der Waals surface area contributed by atoms with Crippen LogP contribution in [0.25, 0.3) is 0 Å². The number of amidine groups is 1. The minimum absolute atomic E-state index is 0.0230. The van der Waals surface area contributed by atoms with Crippen LogP contribution >= 0.6 is 0 Å². The summed E-state index contributed by atoms with van der Waals surface area (Å²) in [5.41, 5.74) is 11.3. The van der Waals surface area contributed by atoms with Crippen molar-refractivity contribution < 1.29 is 13.9 Å². The molecule has 1 saturated heterocycles. The number of aromatic nitrogens is 1. The molecule has 1 aromatic rings. The van der Waals surface area contributed by atoms with Crippen LogP contribution in [0, 0.1) is 5.82 Å². The van der Waals surface area contributed by atoms with Crippen molar-refractivity contribution in [2.45, 2.75) is 18.9 Å². The summed E-state index contributed by atoms with van der Waals surface area (Å²) >= 11 is 0. The van der Waals surface area contributed by atoms with Crippen molar-refractivity contribution in [1.82, 2.24) is 10.3 Å². The molecule has 0 radical (unpaired) electrons. The Kier molecular flexibility index (Phi) is 5.42. The molecule has 1 unspecified atom stereocenters. The molecule has 0 aliphatic carbocycles. The van der Waals surface area contributed by atoms with Crippen LogP contribution in [0.5, 0.6) is 0 Å². The molecule has 8 heteroatoms. The van der Waals surface area contributed by atoms with Crippen LogP contribution in [-0.2, 0) is 9.53 Å². The van der Waals surface area contributed by atoms with Gasteiger partial charge >= 0.3 is 0 Å². The van der Waals surface area contributed by atoms with Crippen LogP contribution in [0.3, 0.4) is 0 Å². The number of nitrogens with zero attached hydrogens (tertiary/aromatic N) is 2. The summed E-state index contributed by atoms with van der Waals surface area (Å²) in [5.74, 6) is -1.38.